The summed E-state index contributed by atoms with van der Waals surface area (Å²) in [5.41, 5.74) is -0.649. The molecule has 130 valence electrons. The van der Waals surface area contributed by atoms with Crippen molar-refractivity contribution in [3.05, 3.63) is 0 Å². The minimum Gasteiger partial charge on any atom is -0.444 e. The molecule has 1 saturated carbocycles. The number of alkyl carbamates (subject to hydrolysis) is 1. The van der Waals surface area contributed by atoms with E-state index in [4.69, 9.17) is 4.74 Å². The average molecular weight is 327 g/mol. The topological polar surface area (TPSA) is 108 Å². The number of β-amino-alcohol motifs (C(OH)–C–C–N with tert-alkyl or cyclic N) is 1. The van der Waals surface area contributed by atoms with E-state index in [1.807, 2.05) is 0 Å². The Morgan fingerprint density at radius 2 is 1.91 bits per heavy atom. The molecule has 8 nitrogen and oxygen atoms in total. The van der Waals surface area contributed by atoms with Crippen molar-refractivity contribution in [3.63, 3.8) is 0 Å². The van der Waals surface area contributed by atoms with Gasteiger partial charge in [-0.15, -0.1) is 0 Å². The Hall–Kier alpha value is -1.83. The third-order valence-corrected chi connectivity index (χ3v) is 3.61. The summed E-state index contributed by atoms with van der Waals surface area (Å²) in [4.78, 5) is 37.3. The summed E-state index contributed by atoms with van der Waals surface area (Å²) in [5, 5.41) is 15.0. The molecule has 0 spiro atoms. The van der Waals surface area contributed by atoms with Gasteiger partial charge in [-0.25, -0.2) is 4.79 Å². The molecule has 0 bridgehead atoms. The zero-order chi connectivity index (χ0) is 17.2. The highest BCUT2D eigenvalue weighted by atomic mass is 16.6. The van der Waals surface area contributed by atoms with Gasteiger partial charge in [-0.3, -0.25) is 9.59 Å². The molecule has 2 rings (SSSR count). The number of amides is 3. The van der Waals surface area contributed by atoms with Crippen LogP contribution in [0.15, 0.2) is 0 Å². The number of hydrogen-bond donors (Lipinski definition) is 3. The highest BCUT2D eigenvalue weighted by molar-refractivity contribution is 5.90. The van der Waals surface area contributed by atoms with Crippen molar-refractivity contribution in [2.45, 2.75) is 63.8 Å². The summed E-state index contributed by atoms with van der Waals surface area (Å²) in [5.74, 6) is -0.655. The van der Waals surface area contributed by atoms with Gasteiger partial charge >= 0.3 is 6.09 Å². The number of carbonyl (C=O) groups is 3. The fourth-order valence-corrected chi connectivity index (χ4v) is 2.43. The highest BCUT2D eigenvalue weighted by Gasteiger charge is 2.40. The van der Waals surface area contributed by atoms with E-state index in [1.54, 1.807) is 20.8 Å². The lowest BCUT2D eigenvalue weighted by Gasteiger charge is -2.24. The molecule has 1 saturated heterocycles. The first-order chi connectivity index (χ1) is 10.7. The fourth-order valence-electron chi connectivity index (χ4n) is 2.43. The molecule has 0 unspecified atom stereocenters. The van der Waals surface area contributed by atoms with Gasteiger partial charge in [-0.1, -0.05) is 0 Å². The standard InChI is InChI=1S/C15H25N3O5/c1-15(2,3)23-14(22)16-7-12(20)18-8-10(19)6-11(18)13(21)17-9-4-5-9/h9-11,19H,4-8H2,1-3H3,(H,16,22)(H,17,21)/t10-,11-/m0/s1. The van der Waals surface area contributed by atoms with Crippen molar-refractivity contribution in [2.24, 2.45) is 0 Å². The predicted molar refractivity (Wildman–Crippen MR) is 81.5 cm³/mol. The zero-order valence-electron chi connectivity index (χ0n) is 13.8. The number of carbonyl (C=O) groups excluding carboxylic acids is 3. The number of aliphatic hydroxyl groups is 1. The second kappa shape index (κ2) is 6.74. The summed E-state index contributed by atoms with van der Waals surface area (Å²) in [6.07, 6.45) is 0.709. The lowest BCUT2D eigenvalue weighted by molar-refractivity contribution is -0.137. The summed E-state index contributed by atoms with van der Waals surface area (Å²) < 4.78 is 5.06. The largest absolute Gasteiger partial charge is 0.444 e. The van der Waals surface area contributed by atoms with E-state index >= 15 is 0 Å². The Bertz CT molecular complexity index is 484. The number of rotatable bonds is 4. The van der Waals surface area contributed by atoms with Crippen LogP contribution in [0.25, 0.3) is 0 Å². The minimum atomic E-state index is -0.726. The normalized spacial score (nSPS) is 24.3. The van der Waals surface area contributed by atoms with Crippen LogP contribution in [0.2, 0.25) is 0 Å². The SMILES string of the molecule is CC(C)(C)OC(=O)NCC(=O)N1C[C@@H](O)C[C@H]1C(=O)NC1CC1. The van der Waals surface area contributed by atoms with E-state index in [9.17, 15) is 19.5 Å². The van der Waals surface area contributed by atoms with Gasteiger partial charge < -0.3 is 25.4 Å². The van der Waals surface area contributed by atoms with Gasteiger partial charge in [-0.2, -0.15) is 0 Å². The molecule has 23 heavy (non-hydrogen) atoms. The molecule has 0 aromatic rings. The summed E-state index contributed by atoms with van der Waals surface area (Å²) in [6, 6.07) is -0.490. The van der Waals surface area contributed by atoms with Crippen molar-refractivity contribution in [1.29, 1.82) is 0 Å². The quantitative estimate of drug-likeness (QED) is 0.660. The number of ether oxygens (including phenoxy) is 1. The van der Waals surface area contributed by atoms with Crippen LogP contribution in [-0.2, 0) is 14.3 Å². The third kappa shape index (κ3) is 5.38. The first-order valence-electron chi connectivity index (χ1n) is 7.90. The third-order valence-electron chi connectivity index (χ3n) is 3.61. The smallest absolute Gasteiger partial charge is 0.408 e. The fraction of sp³-hybridized carbons (Fsp3) is 0.800. The molecule has 3 N–H and O–H groups in total. The van der Waals surface area contributed by atoms with Gasteiger partial charge in [0.1, 0.15) is 18.2 Å². The van der Waals surface area contributed by atoms with Gasteiger partial charge in [0, 0.05) is 19.0 Å². The second-order valence-electron chi connectivity index (χ2n) is 7.09. The average Bonchev–Trinajstić information content (AvgIpc) is 3.13. The van der Waals surface area contributed by atoms with Crippen molar-refractivity contribution in [2.75, 3.05) is 13.1 Å². The molecule has 0 aromatic carbocycles. The Labute approximate surface area is 135 Å². The Morgan fingerprint density at radius 3 is 2.48 bits per heavy atom. The Balaban J connectivity index is 1.86. The van der Waals surface area contributed by atoms with Crippen LogP contribution in [0.5, 0.6) is 0 Å². The first-order valence-corrected chi connectivity index (χ1v) is 7.90. The summed E-state index contributed by atoms with van der Waals surface area (Å²) >= 11 is 0. The van der Waals surface area contributed by atoms with E-state index in [0.29, 0.717) is 0 Å². The van der Waals surface area contributed by atoms with Crippen LogP contribution < -0.4 is 10.6 Å². The van der Waals surface area contributed by atoms with Crippen LogP contribution in [0.3, 0.4) is 0 Å². The molecule has 1 heterocycles. The number of hydrogen-bond acceptors (Lipinski definition) is 5. The monoisotopic (exact) mass is 327 g/mol. The van der Waals surface area contributed by atoms with Crippen molar-refractivity contribution in [1.82, 2.24) is 15.5 Å². The number of nitrogens with zero attached hydrogens (tertiary/aromatic N) is 1. The summed E-state index contributed by atoms with van der Waals surface area (Å²) in [6.45, 7) is 5.00. The van der Waals surface area contributed by atoms with Crippen LogP contribution in [-0.4, -0.2) is 64.8 Å². The molecule has 0 radical (unpaired) electrons. The molecule has 8 heteroatoms. The van der Waals surface area contributed by atoms with E-state index in [2.05, 4.69) is 10.6 Å². The maximum atomic E-state index is 12.2. The van der Waals surface area contributed by atoms with Gasteiger partial charge in [-0.05, 0) is 33.6 Å². The number of likely N-dealkylation sites (tertiary alicyclic amines) is 1. The molecule has 0 aromatic heterocycles. The first kappa shape index (κ1) is 17.5. The second-order valence-corrected chi connectivity index (χ2v) is 7.09. The van der Waals surface area contributed by atoms with E-state index in [1.165, 1.54) is 4.90 Å². The molecular formula is C15H25N3O5. The van der Waals surface area contributed by atoms with E-state index in [-0.39, 0.29) is 31.5 Å². The van der Waals surface area contributed by atoms with Crippen LogP contribution in [0.4, 0.5) is 4.79 Å². The molecular weight excluding hydrogens is 302 g/mol. The Kier molecular flexibility index (Phi) is 5.13. The molecule has 3 amide bonds. The van der Waals surface area contributed by atoms with Crippen molar-refractivity contribution in [3.8, 4) is 0 Å². The van der Waals surface area contributed by atoms with E-state index in [0.717, 1.165) is 12.8 Å². The van der Waals surface area contributed by atoms with Gasteiger partial charge in [0.2, 0.25) is 11.8 Å². The molecule has 1 aliphatic carbocycles. The van der Waals surface area contributed by atoms with Crippen molar-refractivity contribution < 1.29 is 24.2 Å². The lowest BCUT2D eigenvalue weighted by atomic mass is 10.2. The van der Waals surface area contributed by atoms with Gasteiger partial charge in [0.15, 0.2) is 0 Å². The number of nitrogens with one attached hydrogen (secondary N) is 2. The van der Waals surface area contributed by atoms with Crippen LogP contribution in [0.1, 0.15) is 40.0 Å². The highest BCUT2D eigenvalue weighted by Crippen LogP contribution is 2.22. The minimum absolute atomic E-state index is 0.0948. The van der Waals surface area contributed by atoms with E-state index < -0.39 is 29.7 Å². The predicted octanol–water partition coefficient (Wildman–Crippen LogP) is -0.248. The van der Waals surface area contributed by atoms with Crippen molar-refractivity contribution >= 4 is 17.9 Å². The van der Waals surface area contributed by atoms with Crippen LogP contribution in [0, 0.1) is 0 Å². The molecule has 2 fully saturated rings. The van der Waals surface area contributed by atoms with Crippen LogP contribution >= 0.6 is 0 Å². The molecule has 1 aliphatic heterocycles. The number of aliphatic hydroxyl groups excluding tert-OH is 1. The molecule has 2 atom stereocenters. The Morgan fingerprint density at radius 1 is 1.26 bits per heavy atom. The summed E-state index contributed by atoms with van der Waals surface area (Å²) in [7, 11) is 0. The maximum absolute atomic E-state index is 12.2. The van der Waals surface area contributed by atoms with Gasteiger partial charge in [0.05, 0.1) is 6.10 Å². The maximum Gasteiger partial charge on any atom is 0.408 e. The molecule has 2 aliphatic rings. The van der Waals surface area contributed by atoms with Gasteiger partial charge in [0.25, 0.3) is 0 Å². The lowest BCUT2D eigenvalue weighted by Crippen LogP contribution is -2.49. The zero-order valence-corrected chi connectivity index (χ0v) is 13.8.